The lowest BCUT2D eigenvalue weighted by atomic mass is 10.1. The molecule has 1 heterocycles. The van der Waals surface area contributed by atoms with Crippen LogP contribution in [-0.2, 0) is 4.74 Å². The molecular weight excluding hydrogens is 188 g/mol. The lowest BCUT2D eigenvalue weighted by Crippen LogP contribution is -2.42. The van der Waals surface area contributed by atoms with Gasteiger partial charge in [0.15, 0.2) is 0 Å². The average molecular weight is 214 g/mol. The van der Waals surface area contributed by atoms with Crippen molar-refractivity contribution in [2.45, 2.75) is 39.2 Å². The zero-order chi connectivity index (χ0) is 10.9. The van der Waals surface area contributed by atoms with Crippen LogP contribution < -0.4 is 5.32 Å². The summed E-state index contributed by atoms with van der Waals surface area (Å²) in [6, 6.07) is 0. The summed E-state index contributed by atoms with van der Waals surface area (Å²) in [5.41, 5.74) is 0. The number of hydrogen-bond acceptors (Lipinski definition) is 3. The van der Waals surface area contributed by atoms with Crippen molar-refractivity contribution in [3.05, 3.63) is 0 Å². The number of nitrogens with zero attached hydrogens (tertiary/aromatic N) is 1. The molecule has 0 aliphatic carbocycles. The van der Waals surface area contributed by atoms with Crippen molar-refractivity contribution in [2.24, 2.45) is 0 Å². The van der Waals surface area contributed by atoms with Gasteiger partial charge in [-0.15, -0.1) is 0 Å². The summed E-state index contributed by atoms with van der Waals surface area (Å²) in [5.74, 6) is 0. The van der Waals surface area contributed by atoms with E-state index in [2.05, 4.69) is 24.1 Å². The maximum Gasteiger partial charge on any atom is 0.0703 e. The van der Waals surface area contributed by atoms with Crippen LogP contribution in [0, 0.1) is 0 Å². The summed E-state index contributed by atoms with van der Waals surface area (Å²) >= 11 is 0. The Morgan fingerprint density at radius 2 is 2.27 bits per heavy atom. The third-order valence-corrected chi connectivity index (χ3v) is 2.89. The first-order valence-electron chi connectivity index (χ1n) is 6.41. The molecule has 1 atom stereocenters. The molecule has 1 N–H and O–H groups in total. The van der Waals surface area contributed by atoms with E-state index in [1.54, 1.807) is 0 Å². The number of ether oxygens (including phenoxy) is 1. The van der Waals surface area contributed by atoms with E-state index in [0.717, 1.165) is 32.8 Å². The summed E-state index contributed by atoms with van der Waals surface area (Å²) in [5, 5.41) is 3.36. The van der Waals surface area contributed by atoms with Crippen molar-refractivity contribution in [1.29, 1.82) is 0 Å². The molecule has 0 aromatic rings. The number of nitrogens with one attached hydrogen (secondary N) is 1. The highest BCUT2D eigenvalue weighted by atomic mass is 16.5. The molecule has 0 aromatic heterocycles. The first-order valence-corrected chi connectivity index (χ1v) is 6.41. The van der Waals surface area contributed by atoms with Gasteiger partial charge in [0.1, 0.15) is 0 Å². The third kappa shape index (κ3) is 5.50. The minimum absolute atomic E-state index is 0.476. The zero-order valence-electron chi connectivity index (χ0n) is 10.3. The van der Waals surface area contributed by atoms with E-state index in [1.165, 1.54) is 25.8 Å². The molecule has 1 fully saturated rings. The fourth-order valence-corrected chi connectivity index (χ4v) is 2.11. The van der Waals surface area contributed by atoms with Gasteiger partial charge in [0.25, 0.3) is 0 Å². The molecule has 0 unspecified atom stereocenters. The molecule has 0 bridgehead atoms. The van der Waals surface area contributed by atoms with E-state index in [1.807, 2.05) is 0 Å². The number of morpholine rings is 1. The van der Waals surface area contributed by atoms with Gasteiger partial charge in [-0.2, -0.15) is 0 Å². The van der Waals surface area contributed by atoms with Gasteiger partial charge in [0.05, 0.1) is 12.7 Å². The second-order valence-electron chi connectivity index (χ2n) is 4.29. The normalized spacial score (nSPS) is 23.2. The van der Waals surface area contributed by atoms with Gasteiger partial charge in [-0.1, -0.05) is 13.8 Å². The predicted molar refractivity (Wildman–Crippen MR) is 64.2 cm³/mol. The van der Waals surface area contributed by atoms with Gasteiger partial charge >= 0.3 is 0 Å². The molecule has 0 radical (unpaired) electrons. The Morgan fingerprint density at radius 3 is 3.00 bits per heavy atom. The molecule has 0 saturated carbocycles. The van der Waals surface area contributed by atoms with E-state index < -0.39 is 0 Å². The van der Waals surface area contributed by atoms with Crippen LogP contribution in [0.3, 0.4) is 0 Å². The van der Waals surface area contributed by atoms with Crippen molar-refractivity contribution >= 4 is 0 Å². The topological polar surface area (TPSA) is 24.5 Å². The number of hydrogen-bond donors (Lipinski definition) is 1. The van der Waals surface area contributed by atoms with Gasteiger partial charge < -0.3 is 10.1 Å². The number of rotatable bonds is 7. The van der Waals surface area contributed by atoms with Gasteiger partial charge in [-0.25, -0.2) is 0 Å². The molecule has 0 amide bonds. The molecular formula is C12H26N2O. The van der Waals surface area contributed by atoms with Crippen LogP contribution in [0.1, 0.15) is 33.1 Å². The van der Waals surface area contributed by atoms with Gasteiger partial charge in [0, 0.05) is 13.1 Å². The Labute approximate surface area is 94.2 Å². The summed E-state index contributed by atoms with van der Waals surface area (Å²) in [7, 11) is 0. The predicted octanol–water partition coefficient (Wildman–Crippen LogP) is 1.49. The van der Waals surface area contributed by atoms with Gasteiger partial charge in [0.2, 0.25) is 0 Å². The Balaban J connectivity index is 2.07. The van der Waals surface area contributed by atoms with E-state index in [9.17, 15) is 0 Å². The zero-order valence-corrected chi connectivity index (χ0v) is 10.3. The van der Waals surface area contributed by atoms with Crippen molar-refractivity contribution in [1.82, 2.24) is 10.2 Å². The quantitative estimate of drug-likeness (QED) is 0.650. The maximum absolute atomic E-state index is 5.77. The van der Waals surface area contributed by atoms with Crippen molar-refractivity contribution in [2.75, 3.05) is 39.3 Å². The highest BCUT2D eigenvalue weighted by Crippen LogP contribution is 2.10. The molecule has 0 spiro atoms. The smallest absolute Gasteiger partial charge is 0.0703 e. The first-order chi connectivity index (χ1) is 7.36. The maximum atomic E-state index is 5.77. The van der Waals surface area contributed by atoms with Crippen LogP contribution in [0.25, 0.3) is 0 Å². The molecule has 1 aliphatic rings. The monoisotopic (exact) mass is 214 g/mol. The van der Waals surface area contributed by atoms with Crippen molar-refractivity contribution in [3.8, 4) is 0 Å². The molecule has 3 heteroatoms. The summed E-state index contributed by atoms with van der Waals surface area (Å²) in [6.07, 6.45) is 4.17. The van der Waals surface area contributed by atoms with Crippen molar-refractivity contribution < 1.29 is 4.74 Å². The van der Waals surface area contributed by atoms with E-state index in [0.29, 0.717) is 6.10 Å². The van der Waals surface area contributed by atoms with Crippen molar-refractivity contribution in [3.63, 3.8) is 0 Å². The fourth-order valence-electron chi connectivity index (χ4n) is 2.11. The second-order valence-corrected chi connectivity index (χ2v) is 4.29. The lowest BCUT2D eigenvalue weighted by Gasteiger charge is -2.32. The molecule has 3 nitrogen and oxygen atoms in total. The highest BCUT2D eigenvalue weighted by molar-refractivity contribution is 4.71. The molecule has 90 valence electrons. The summed E-state index contributed by atoms with van der Waals surface area (Å²) in [4.78, 5) is 2.53. The molecule has 1 saturated heterocycles. The lowest BCUT2D eigenvalue weighted by molar-refractivity contribution is -0.0325. The van der Waals surface area contributed by atoms with Gasteiger partial charge in [-0.05, 0) is 38.9 Å². The average Bonchev–Trinajstić information content (AvgIpc) is 2.26. The Morgan fingerprint density at radius 1 is 1.40 bits per heavy atom. The summed E-state index contributed by atoms with van der Waals surface area (Å²) in [6.45, 7) is 11.0. The van der Waals surface area contributed by atoms with E-state index >= 15 is 0 Å². The van der Waals surface area contributed by atoms with E-state index in [-0.39, 0.29) is 0 Å². The Bertz CT molecular complexity index is 151. The molecule has 1 rings (SSSR count). The Kier molecular flexibility index (Phi) is 6.98. The largest absolute Gasteiger partial charge is 0.376 e. The van der Waals surface area contributed by atoms with Crippen LogP contribution in [0.2, 0.25) is 0 Å². The fraction of sp³-hybridized carbons (Fsp3) is 1.00. The minimum Gasteiger partial charge on any atom is -0.376 e. The van der Waals surface area contributed by atoms with Crippen LogP contribution >= 0.6 is 0 Å². The Hall–Kier alpha value is -0.120. The highest BCUT2D eigenvalue weighted by Gasteiger charge is 2.18. The minimum atomic E-state index is 0.476. The van der Waals surface area contributed by atoms with Crippen LogP contribution in [0.5, 0.6) is 0 Å². The van der Waals surface area contributed by atoms with Crippen LogP contribution in [-0.4, -0.2) is 50.3 Å². The standard InChI is InChI=1S/C12H26N2O/c1-3-8-14-9-10-15-12(11-14)6-5-7-13-4-2/h12-13H,3-11H2,1-2H3/t12-/m1/s1. The summed E-state index contributed by atoms with van der Waals surface area (Å²) < 4.78 is 5.77. The third-order valence-electron chi connectivity index (χ3n) is 2.89. The van der Waals surface area contributed by atoms with Crippen LogP contribution in [0.15, 0.2) is 0 Å². The first kappa shape index (κ1) is 12.9. The van der Waals surface area contributed by atoms with E-state index in [4.69, 9.17) is 4.74 Å². The van der Waals surface area contributed by atoms with Gasteiger partial charge in [-0.3, -0.25) is 4.90 Å². The molecule has 1 aliphatic heterocycles. The molecule has 0 aromatic carbocycles. The second kappa shape index (κ2) is 8.08. The SMILES string of the molecule is CCCN1CCO[C@H](CCCNCC)C1. The van der Waals surface area contributed by atoms with Crippen LogP contribution in [0.4, 0.5) is 0 Å². The molecule has 15 heavy (non-hydrogen) atoms.